The molecule has 2 aliphatic rings. The molecule has 2 aliphatic heterocycles. The van der Waals surface area contributed by atoms with Crippen molar-refractivity contribution in [3.05, 3.63) is 41.9 Å². The number of hydrogen-bond donors (Lipinski definition) is 1. The van der Waals surface area contributed by atoms with Gasteiger partial charge in [0, 0.05) is 24.7 Å². The molecule has 1 saturated heterocycles. The third-order valence-electron chi connectivity index (χ3n) is 4.40. The minimum Gasteiger partial charge on any atom is -0.494 e. The maximum Gasteiger partial charge on any atom is 0.289 e. The number of benzene rings is 1. The fraction of sp³-hybridized carbons (Fsp3) is 0.474. The molecule has 2 heterocycles. The zero-order chi connectivity index (χ0) is 18.4. The number of piperidine rings is 1. The number of nitrogens with one attached hydrogen (secondary N) is 1. The minimum absolute atomic E-state index is 0.00421. The summed E-state index contributed by atoms with van der Waals surface area (Å²) in [5.41, 5.74) is 0.647. The molecule has 1 aromatic rings. The largest absolute Gasteiger partial charge is 0.494 e. The molecular weight excluding hydrogens is 336 g/mol. The Hall–Kier alpha value is -2.70. The smallest absolute Gasteiger partial charge is 0.289 e. The zero-order valence-corrected chi connectivity index (χ0v) is 14.9. The lowest BCUT2D eigenvalue weighted by Gasteiger charge is -2.32. The van der Waals surface area contributed by atoms with Gasteiger partial charge < -0.3 is 24.4 Å². The zero-order valence-electron chi connectivity index (χ0n) is 14.9. The van der Waals surface area contributed by atoms with E-state index in [2.05, 4.69) is 5.32 Å². The molecule has 0 unspecified atom stereocenters. The maximum atomic E-state index is 12.6. The van der Waals surface area contributed by atoms with Crippen molar-refractivity contribution < 1.29 is 23.8 Å². The first-order valence-corrected chi connectivity index (χ1v) is 8.95. The Labute approximate surface area is 152 Å². The van der Waals surface area contributed by atoms with E-state index in [1.165, 1.54) is 6.26 Å². The van der Waals surface area contributed by atoms with Crippen molar-refractivity contribution in [1.82, 2.24) is 10.2 Å². The van der Waals surface area contributed by atoms with Crippen LogP contribution in [0.15, 0.2) is 36.3 Å². The molecule has 26 heavy (non-hydrogen) atoms. The summed E-state index contributed by atoms with van der Waals surface area (Å²) < 4.78 is 15.8. The number of nitrogens with zero attached hydrogens (tertiary/aromatic N) is 1. The molecule has 0 aliphatic carbocycles. The van der Waals surface area contributed by atoms with Gasteiger partial charge in [-0.1, -0.05) is 0 Å². The Morgan fingerprint density at radius 2 is 1.92 bits per heavy atom. The third-order valence-corrected chi connectivity index (χ3v) is 4.40. The van der Waals surface area contributed by atoms with Gasteiger partial charge in [0.15, 0.2) is 0 Å². The molecule has 1 N–H and O–H groups in total. The number of ether oxygens (including phenoxy) is 3. The Bertz CT molecular complexity index is 663. The van der Waals surface area contributed by atoms with Gasteiger partial charge in [0.2, 0.25) is 5.76 Å². The number of hydrogen-bond acceptors (Lipinski definition) is 5. The van der Waals surface area contributed by atoms with Gasteiger partial charge in [0.05, 0.1) is 6.61 Å². The lowest BCUT2D eigenvalue weighted by Crippen LogP contribution is -2.47. The molecule has 1 aromatic carbocycles. The highest BCUT2D eigenvalue weighted by atomic mass is 16.6. The maximum absolute atomic E-state index is 12.6. The molecule has 3 rings (SSSR count). The minimum atomic E-state index is -0.263. The van der Waals surface area contributed by atoms with Crippen LogP contribution >= 0.6 is 0 Å². The van der Waals surface area contributed by atoms with Gasteiger partial charge in [-0.15, -0.1) is 0 Å². The number of carbonyl (C=O) groups excluding carboxylic acids is 2. The lowest BCUT2D eigenvalue weighted by atomic mass is 10.0. The normalized spacial score (nSPS) is 17.6. The van der Waals surface area contributed by atoms with Crippen molar-refractivity contribution in [2.24, 2.45) is 0 Å². The lowest BCUT2D eigenvalue weighted by molar-refractivity contribution is -0.123. The van der Waals surface area contributed by atoms with Crippen LogP contribution in [-0.4, -0.2) is 55.7 Å². The van der Waals surface area contributed by atoms with E-state index in [1.54, 1.807) is 12.1 Å². The summed E-state index contributed by atoms with van der Waals surface area (Å²) >= 11 is 0. The summed E-state index contributed by atoms with van der Waals surface area (Å²) in [6.45, 7) is 4.57. The van der Waals surface area contributed by atoms with Gasteiger partial charge in [-0.2, -0.15) is 0 Å². The highest BCUT2D eigenvalue weighted by molar-refractivity contribution is 5.94. The van der Waals surface area contributed by atoms with E-state index < -0.39 is 0 Å². The third kappa shape index (κ3) is 4.47. The van der Waals surface area contributed by atoms with E-state index in [4.69, 9.17) is 14.2 Å². The molecule has 0 saturated carbocycles. The first-order chi connectivity index (χ1) is 12.7. The van der Waals surface area contributed by atoms with Gasteiger partial charge in [0.1, 0.15) is 25.2 Å². The molecule has 140 valence electrons. The number of carbonyl (C=O) groups is 2. The summed E-state index contributed by atoms with van der Waals surface area (Å²) in [7, 11) is 0. The number of likely N-dealkylation sites (tertiary alicyclic amines) is 1. The Morgan fingerprint density at radius 3 is 2.54 bits per heavy atom. The van der Waals surface area contributed by atoms with Crippen LogP contribution in [0.1, 0.15) is 30.1 Å². The van der Waals surface area contributed by atoms with Gasteiger partial charge in [-0.3, -0.25) is 9.59 Å². The molecule has 1 fully saturated rings. The SMILES string of the molecule is CCOc1ccc(C(=O)N2CCC(NC(=O)C3=COCCO3)CC2)cc1. The average Bonchev–Trinajstić information content (AvgIpc) is 2.69. The summed E-state index contributed by atoms with van der Waals surface area (Å²) in [6, 6.07) is 7.22. The quantitative estimate of drug-likeness (QED) is 0.865. The van der Waals surface area contributed by atoms with E-state index in [9.17, 15) is 9.59 Å². The van der Waals surface area contributed by atoms with Crippen molar-refractivity contribution in [2.45, 2.75) is 25.8 Å². The predicted molar refractivity (Wildman–Crippen MR) is 94.7 cm³/mol. The highest BCUT2D eigenvalue weighted by Gasteiger charge is 2.26. The van der Waals surface area contributed by atoms with E-state index in [0.29, 0.717) is 51.3 Å². The van der Waals surface area contributed by atoms with Crippen molar-refractivity contribution in [1.29, 1.82) is 0 Å². The van der Waals surface area contributed by atoms with Crippen LogP contribution in [0, 0.1) is 0 Å². The Kier molecular flexibility index (Phi) is 5.99. The van der Waals surface area contributed by atoms with E-state index in [1.807, 2.05) is 24.0 Å². The molecule has 0 bridgehead atoms. The van der Waals surface area contributed by atoms with Crippen molar-refractivity contribution in [3.63, 3.8) is 0 Å². The Balaban J connectivity index is 1.49. The fourth-order valence-corrected chi connectivity index (χ4v) is 3.01. The van der Waals surface area contributed by atoms with Gasteiger partial charge in [-0.25, -0.2) is 0 Å². The van der Waals surface area contributed by atoms with Crippen LogP contribution in [0.3, 0.4) is 0 Å². The molecule has 7 heteroatoms. The molecule has 7 nitrogen and oxygen atoms in total. The number of rotatable bonds is 5. The molecule has 0 spiro atoms. The second-order valence-electron chi connectivity index (χ2n) is 6.20. The molecule has 0 aromatic heterocycles. The van der Waals surface area contributed by atoms with Crippen LogP contribution in [0.2, 0.25) is 0 Å². The molecule has 0 radical (unpaired) electrons. The van der Waals surface area contributed by atoms with Gasteiger partial charge in [0.25, 0.3) is 11.8 Å². The van der Waals surface area contributed by atoms with Gasteiger partial charge >= 0.3 is 0 Å². The van der Waals surface area contributed by atoms with Crippen LogP contribution in [-0.2, 0) is 14.3 Å². The van der Waals surface area contributed by atoms with E-state index in [0.717, 1.165) is 5.75 Å². The second-order valence-corrected chi connectivity index (χ2v) is 6.20. The fourth-order valence-electron chi connectivity index (χ4n) is 3.01. The predicted octanol–water partition coefficient (Wildman–Crippen LogP) is 1.69. The molecule has 2 amide bonds. The van der Waals surface area contributed by atoms with E-state index >= 15 is 0 Å². The van der Waals surface area contributed by atoms with Crippen LogP contribution in [0.25, 0.3) is 0 Å². The summed E-state index contributed by atoms with van der Waals surface area (Å²) in [4.78, 5) is 26.5. The summed E-state index contributed by atoms with van der Waals surface area (Å²) in [5.74, 6) is 0.711. The van der Waals surface area contributed by atoms with Crippen molar-refractivity contribution in [2.75, 3.05) is 32.9 Å². The highest BCUT2D eigenvalue weighted by Crippen LogP contribution is 2.17. The van der Waals surface area contributed by atoms with Gasteiger partial charge in [-0.05, 0) is 44.0 Å². The number of amides is 2. The molecular formula is C19H24N2O5. The van der Waals surface area contributed by atoms with Crippen molar-refractivity contribution in [3.8, 4) is 5.75 Å². The van der Waals surface area contributed by atoms with Crippen molar-refractivity contribution >= 4 is 11.8 Å². The first-order valence-electron chi connectivity index (χ1n) is 8.95. The second kappa shape index (κ2) is 8.60. The van der Waals surface area contributed by atoms with E-state index in [-0.39, 0.29) is 23.6 Å². The molecule has 0 atom stereocenters. The van der Waals surface area contributed by atoms with Crippen LogP contribution < -0.4 is 10.1 Å². The first kappa shape index (κ1) is 18.1. The monoisotopic (exact) mass is 360 g/mol. The van der Waals surface area contributed by atoms with Crippen LogP contribution in [0.4, 0.5) is 0 Å². The summed E-state index contributed by atoms with van der Waals surface area (Å²) in [6.07, 6.45) is 2.77. The summed E-state index contributed by atoms with van der Waals surface area (Å²) in [5, 5.41) is 2.94. The average molecular weight is 360 g/mol. The van der Waals surface area contributed by atoms with Crippen LogP contribution in [0.5, 0.6) is 5.75 Å². The topological polar surface area (TPSA) is 77.1 Å². The Morgan fingerprint density at radius 1 is 1.19 bits per heavy atom. The standard InChI is InChI=1S/C19H24N2O5/c1-2-25-16-5-3-14(4-6-16)19(23)21-9-7-15(8-10-21)20-18(22)17-13-24-11-12-26-17/h3-6,13,15H,2,7-12H2,1H3,(H,20,22).